The number of hydrogen-bond acceptors (Lipinski definition) is 6. The van der Waals surface area contributed by atoms with Crippen LogP contribution in [0.25, 0.3) is 21.8 Å². The van der Waals surface area contributed by atoms with Crippen LogP contribution in [0.15, 0.2) is 99.6 Å². The molecule has 6 nitrogen and oxygen atoms in total. The summed E-state index contributed by atoms with van der Waals surface area (Å²) in [5.41, 5.74) is 2.79. The topological polar surface area (TPSA) is 75.2 Å². The molecule has 3 aromatic carbocycles. The van der Waals surface area contributed by atoms with Crippen molar-refractivity contribution in [1.29, 1.82) is 0 Å². The zero-order valence-electron chi connectivity index (χ0n) is 19.0. The number of fused-ring (bicyclic) bond motifs is 4. The third-order valence-corrected chi connectivity index (χ3v) is 8.55. The molecule has 8 heteroatoms. The van der Waals surface area contributed by atoms with Crippen molar-refractivity contribution in [3.63, 3.8) is 0 Å². The van der Waals surface area contributed by atoms with Gasteiger partial charge in [0.1, 0.15) is 11.6 Å². The summed E-state index contributed by atoms with van der Waals surface area (Å²) in [5, 5.41) is 2.13. The molecule has 0 amide bonds. The van der Waals surface area contributed by atoms with E-state index >= 15 is 0 Å². The number of anilines is 2. The maximum absolute atomic E-state index is 12.9. The molecule has 35 heavy (non-hydrogen) atoms. The molecular formula is C27H22N4O2S2. The molecule has 0 unspecified atom stereocenters. The highest BCUT2D eigenvalue weighted by atomic mass is 32.2. The van der Waals surface area contributed by atoms with Crippen LogP contribution in [-0.2, 0) is 10.0 Å². The Bertz CT molecular complexity index is 1600. The Hall–Kier alpha value is -3.46. The summed E-state index contributed by atoms with van der Waals surface area (Å²) in [6.45, 7) is 2.53. The maximum Gasteiger partial charge on any atom is 0.240 e. The summed E-state index contributed by atoms with van der Waals surface area (Å²) in [4.78, 5) is 14.2. The first-order chi connectivity index (χ1) is 17.0. The third kappa shape index (κ3) is 4.14. The summed E-state index contributed by atoms with van der Waals surface area (Å²) in [5.74, 6) is 1.58. The highest BCUT2D eigenvalue weighted by Crippen LogP contribution is 2.48. The molecule has 0 spiro atoms. The summed E-state index contributed by atoms with van der Waals surface area (Å²) >= 11 is 1.65. The Morgan fingerprint density at radius 3 is 1.91 bits per heavy atom. The fourth-order valence-electron chi connectivity index (χ4n) is 4.23. The fourth-order valence-corrected chi connectivity index (χ4v) is 6.36. The van der Waals surface area contributed by atoms with E-state index in [1.165, 1.54) is 0 Å². The summed E-state index contributed by atoms with van der Waals surface area (Å²) in [6, 6.07) is 27.2. The minimum absolute atomic E-state index is 0.211. The van der Waals surface area contributed by atoms with Crippen LogP contribution in [0.3, 0.4) is 0 Å². The van der Waals surface area contributed by atoms with Crippen LogP contribution < -0.4 is 9.62 Å². The second-order valence-corrected chi connectivity index (χ2v) is 11.3. The number of sulfonamides is 1. The maximum atomic E-state index is 12.9. The lowest BCUT2D eigenvalue weighted by atomic mass is 10.2. The molecule has 0 atom stereocenters. The quantitative estimate of drug-likeness (QED) is 0.336. The van der Waals surface area contributed by atoms with Crippen molar-refractivity contribution in [3.05, 3.63) is 90.5 Å². The van der Waals surface area contributed by atoms with Gasteiger partial charge in [-0.2, -0.15) is 0 Å². The van der Waals surface area contributed by atoms with E-state index in [4.69, 9.17) is 9.97 Å². The monoisotopic (exact) mass is 498 g/mol. The SMILES string of the molecule is Cc1ccc(S(=O)(=O)NCCN2c3nc4ccccc4cc3Sc3cc4ccccc4nc32)cc1. The summed E-state index contributed by atoms with van der Waals surface area (Å²) in [7, 11) is -3.62. The zero-order chi connectivity index (χ0) is 24.0. The van der Waals surface area contributed by atoms with Gasteiger partial charge in [-0.15, -0.1) is 0 Å². The molecule has 1 N–H and O–H groups in total. The lowest BCUT2D eigenvalue weighted by molar-refractivity contribution is 0.581. The van der Waals surface area contributed by atoms with Gasteiger partial charge in [-0.1, -0.05) is 65.9 Å². The molecule has 5 aromatic rings. The van der Waals surface area contributed by atoms with Crippen LogP contribution in [0, 0.1) is 6.92 Å². The van der Waals surface area contributed by atoms with Gasteiger partial charge in [0.25, 0.3) is 0 Å². The lowest BCUT2D eigenvalue weighted by Gasteiger charge is -2.31. The van der Waals surface area contributed by atoms with Gasteiger partial charge >= 0.3 is 0 Å². The number of aromatic nitrogens is 2. The highest BCUT2D eigenvalue weighted by Gasteiger charge is 2.27. The van der Waals surface area contributed by atoms with Crippen molar-refractivity contribution in [3.8, 4) is 0 Å². The molecule has 0 aliphatic carbocycles. The standard InChI is InChI=1S/C27H22N4O2S2/c1-18-10-12-21(13-11-18)35(32,33)28-14-15-31-26-24(16-19-6-2-4-8-22(19)29-26)34-25-17-20-7-3-5-9-23(20)30-27(25)31/h2-13,16-17,28H,14-15H2,1H3. The predicted octanol–water partition coefficient (Wildman–Crippen LogP) is 5.67. The molecule has 174 valence electrons. The van der Waals surface area contributed by atoms with Gasteiger partial charge in [0.2, 0.25) is 10.0 Å². The summed E-state index contributed by atoms with van der Waals surface area (Å²) < 4.78 is 28.5. The van der Waals surface area contributed by atoms with Gasteiger partial charge in [0, 0.05) is 23.9 Å². The van der Waals surface area contributed by atoms with E-state index in [1.54, 1.807) is 36.0 Å². The number of aryl methyl sites for hydroxylation is 1. The molecule has 0 bridgehead atoms. The first-order valence-electron chi connectivity index (χ1n) is 11.3. The van der Waals surface area contributed by atoms with Crippen molar-refractivity contribution in [2.45, 2.75) is 21.6 Å². The van der Waals surface area contributed by atoms with Crippen LogP contribution in [0.5, 0.6) is 0 Å². The molecule has 6 rings (SSSR count). The first kappa shape index (κ1) is 22.0. The van der Waals surface area contributed by atoms with E-state index < -0.39 is 10.0 Å². The molecule has 0 saturated carbocycles. The molecule has 0 fully saturated rings. The van der Waals surface area contributed by atoms with E-state index in [0.29, 0.717) is 6.54 Å². The van der Waals surface area contributed by atoms with E-state index in [-0.39, 0.29) is 11.4 Å². The molecule has 0 radical (unpaired) electrons. The average molecular weight is 499 g/mol. The Kier molecular flexibility index (Phi) is 5.44. The molecule has 1 aliphatic heterocycles. The molecule has 3 heterocycles. The zero-order valence-corrected chi connectivity index (χ0v) is 20.6. The Labute approximate surface area is 208 Å². The number of rotatable bonds is 5. The van der Waals surface area contributed by atoms with Crippen molar-refractivity contribution in [1.82, 2.24) is 14.7 Å². The summed E-state index contributed by atoms with van der Waals surface area (Å²) in [6.07, 6.45) is 0. The van der Waals surface area contributed by atoms with Gasteiger partial charge in [0.15, 0.2) is 0 Å². The van der Waals surface area contributed by atoms with Crippen LogP contribution in [0.1, 0.15) is 5.56 Å². The minimum Gasteiger partial charge on any atom is -0.308 e. The van der Waals surface area contributed by atoms with Crippen LogP contribution in [-0.4, -0.2) is 31.5 Å². The van der Waals surface area contributed by atoms with Crippen molar-refractivity contribution in [2.24, 2.45) is 0 Å². The van der Waals surface area contributed by atoms with E-state index in [2.05, 4.69) is 29.0 Å². The molecule has 2 aromatic heterocycles. The first-order valence-corrected chi connectivity index (χ1v) is 13.6. The number of nitrogens with one attached hydrogen (secondary N) is 1. The second kappa shape index (κ2) is 8.64. The van der Waals surface area contributed by atoms with Gasteiger partial charge in [-0.25, -0.2) is 23.1 Å². The van der Waals surface area contributed by atoms with Crippen LogP contribution in [0.4, 0.5) is 11.6 Å². The van der Waals surface area contributed by atoms with E-state index in [1.807, 2.05) is 48.2 Å². The Morgan fingerprint density at radius 2 is 1.34 bits per heavy atom. The van der Waals surface area contributed by atoms with Gasteiger partial charge in [-0.3, -0.25) is 0 Å². The minimum atomic E-state index is -3.62. The van der Waals surface area contributed by atoms with E-state index in [9.17, 15) is 8.42 Å². The number of pyridine rings is 2. The second-order valence-electron chi connectivity index (χ2n) is 8.47. The fraction of sp³-hybridized carbons (Fsp3) is 0.111. The van der Waals surface area contributed by atoms with Gasteiger partial charge in [-0.05, 0) is 43.3 Å². The number of para-hydroxylation sites is 2. The predicted molar refractivity (Wildman–Crippen MR) is 141 cm³/mol. The van der Waals surface area contributed by atoms with Crippen molar-refractivity contribution in [2.75, 3.05) is 18.0 Å². The third-order valence-electron chi connectivity index (χ3n) is 6.03. The van der Waals surface area contributed by atoms with Crippen molar-refractivity contribution >= 4 is 55.2 Å². The number of nitrogens with zero attached hydrogens (tertiary/aromatic N) is 3. The van der Waals surface area contributed by atoms with Crippen LogP contribution >= 0.6 is 11.8 Å². The van der Waals surface area contributed by atoms with E-state index in [0.717, 1.165) is 48.8 Å². The smallest absolute Gasteiger partial charge is 0.240 e. The average Bonchev–Trinajstić information content (AvgIpc) is 2.86. The highest BCUT2D eigenvalue weighted by molar-refractivity contribution is 7.99. The lowest BCUT2D eigenvalue weighted by Crippen LogP contribution is -2.34. The number of hydrogen-bond donors (Lipinski definition) is 1. The molecule has 1 aliphatic rings. The largest absolute Gasteiger partial charge is 0.308 e. The number of benzene rings is 3. The molecule has 0 saturated heterocycles. The van der Waals surface area contributed by atoms with Gasteiger partial charge < -0.3 is 4.90 Å². The van der Waals surface area contributed by atoms with Gasteiger partial charge in [0.05, 0.1) is 25.7 Å². The van der Waals surface area contributed by atoms with Crippen LogP contribution in [0.2, 0.25) is 0 Å². The Morgan fingerprint density at radius 1 is 0.800 bits per heavy atom. The Balaban J connectivity index is 1.38. The normalized spacial score (nSPS) is 13.1. The van der Waals surface area contributed by atoms with Crippen molar-refractivity contribution < 1.29 is 8.42 Å². The molecular weight excluding hydrogens is 476 g/mol.